The lowest BCUT2D eigenvalue weighted by Gasteiger charge is -2.17. The molecule has 0 aliphatic rings. The molecule has 106 valence electrons. The molecule has 0 fully saturated rings. The van der Waals surface area contributed by atoms with Crippen LogP contribution in [0.25, 0.3) is 0 Å². The molecule has 19 heavy (non-hydrogen) atoms. The maximum atomic E-state index is 12.7. The molecule has 0 spiro atoms. The van der Waals surface area contributed by atoms with Gasteiger partial charge in [0.1, 0.15) is 0 Å². The van der Waals surface area contributed by atoms with Gasteiger partial charge in [0.15, 0.2) is 0 Å². The van der Waals surface area contributed by atoms with Crippen LogP contribution in [0.4, 0.5) is 18.9 Å². The lowest BCUT2D eigenvalue weighted by molar-refractivity contribution is -0.138. The van der Waals surface area contributed by atoms with Crippen molar-refractivity contribution in [2.24, 2.45) is 11.7 Å². The van der Waals surface area contributed by atoms with Gasteiger partial charge in [0.05, 0.1) is 11.6 Å². The predicted octanol–water partition coefficient (Wildman–Crippen LogP) is 2.94. The minimum atomic E-state index is -4.44. The number of benzene rings is 1. The van der Waals surface area contributed by atoms with Crippen molar-refractivity contribution in [3.05, 3.63) is 29.3 Å². The maximum Gasteiger partial charge on any atom is 0.416 e. The van der Waals surface area contributed by atoms with Crippen LogP contribution in [0.2, 0.25) is 0 Å². The van der Waals surface area contributed by atoms with Crippen LogP contribution in [0.3, 0.4) is 0 Å². The van der Waals surface area contributed by atoms with E-state index in [4.69, 9.17) is 5.73 Å². The van der Waals surface area contributed by atoms with Gasteiger partial charge in [0.25, 0.3) is 0 Å². The topological polar surface area (TPSA) is 55.1 Å². The molecule has 6 heteroatoms. The van der Waals surface area contributed by atoms with Crippen LogP contribution in [-0.2, 0) is 11.0 Å². The summed E-state index contributed by atoms with van der Waals surface area (Å²) < 4.78 is 38.1. The molecule has 0 radical (unpaired) electrons. The summed E-state index contributed by atoms with van der Waals surface area (Å²) in [5, 5.41) is 2.40. The SMILES string of the molecule is Cc1ccc(NC(=O)[C@H](N)C(C)C)cc1C(F)(F)F. The fourth-order valence-electron chi connectivity index (χ4n) is 1.53. The van der Waals surface area contributed by atoms with Crippen LogP contribution in [0.1, 0.15) is 25.0 Å². The lowest BCUT2D eigenvalue weighted by Crippen LogP contribution is -2.39. The Hall–Kier alpha value is -1.56. The Bertz CT molecular complexity index is 469. The molecule has 1 atom stereocenters. The van der Waals surface area contributed by atoms with E-state index >= 15 is 0 Å². The Labute approximate surface area is 110 Å². The number of halogens is 3. The van der Waals surface area contributed by atoms with Crippen LogP contribution in [-0.4, -0.2) is 11.9 Å². The number of carbonyl (C=O) groups is 1. The second-order valence-electron chi connectivity index (χ2n) is 4.79. The van der Waals surface area contributed by atoms with Crippen molar-refractivity contribution >= 4 is 11.6 Å². The largest absolute Gasteiger partial charge is 0.416 e. The summed E-state index contributed by atoms with van der Waals surface area (Å²) in [7, 11) is 0. The molecule has 0 heterocycles. The normalized spacial score (nSPS) is 13.5. The lowest BCUT2D eigenvalue weighted by atomic mass is 10.0. The Kier molecular flexibility index (Phi) is 4.57. The third kappa shape index (κ3) is 3.96. The van der Waals surface area contributed by atoms with Gasteiger partial charge in [-0.05, 0) is 30.5 Å². The van der Waals surface area contributed by atoms with Crippen LogP contribution < -0.4 is 11.1 Å². The molecule has 1 aromatic carbocycles. The number of nitrogens with two attached hydrogens (primary N) is 1. The highest BCUT2D eigenvalue weighted by Crippen LogP contribution is 2.33. The molecule has 0 saturated carbocycles. The standard InChI is InChI=1S/C13H17F3N2O/c1-7(2)11(17)12(19)18-9-5-4-8(3)10(6-9)13(14,15)16/h4-7,11H,17H2,1-3H3,(H,18,19)/t11-/m1/s1. The zero-order valence-corrected chi connectivity index (χ0v) is 11.0. The number of rotatable bonds is 3. The molecule has 0 aliphatic heterocycles. The van der Waals surface area contributed by atoms with Crippen molar-refractivity contribution in [2.45, 2.75) is 33.0 Å². The minimum absolute atomic E-state index is 0.0902. The number of carbonyl (C=O) groups excluding carboxylic acids is 1. The molecule has 1 aromatic rings. The van der Waals surface area contributed by atoms with E-state index in [9.17, 15) is 18.0 Å². The molecule has 0 bridgehead atoms. The Balaban J connectivity index is 2.95. The third-order valence-corrected chi connectivity index (χ3v) is 2.83. The van der Waals surface area contributed by atoms with Gasteiger partial charge in [0.2, 0.25) is 5.91 Å². The number of amides is 1. The second-order valence-corrected chi connectivity index (χ2v) is 4.79. The van der Waals surface area contributed by atoms with Gasteiger partial charge < -0.3 is 11.1 Å². The number of nitrogens with one attached hydrogen (secondary N) is 1. The molecular formula is C13H17F3N2O. The van der Waals surface area contributed by atoms with Crippen LogP contribution in [0.15, 0.2) is 18.2 Å². The predicted molar refractivity (Wildman–Crippen MR) is 67.6 cm³/mol. The summed E-state index contributed by atoms with van der Waals surface area (Å²) in [6.45, 7) is 4.90. The van der Waals surface area contributed by atoms with E-state index < -0.39 is 23.7 Å². The first-order valence-electron chi connectivity index (χ1n) is 5.87. The summed E-state index contributed by atoms with van der Waals surface area (Å²) in [5.41, 5.74) is 5.07. The summed E-state index contributed by atoms with van der Waals surface area (Å²) >= 11 is 0. The Morgan fingerprint density at radius 2 is 1.89 bits per heavy atom. The molecule has 0 unspecified atom stereocenters. The zero-order valence-electron chi connectivity index (χ0n) is 11.0. The van der Waals surface area contributed by atoms with Crippen LogP contribution >= 0.6 is 0 Å². The van der Waals surface area contributed by atoms with Gasteiger partial charge in [-0.3, -0.25) is 4.79 Å². The van der Waals surface area contributed by atoms with Gasteiger partial charge >= 0.3 is 6.18 Å². The molecule has 3 N–H and O–H groups in total. The molecule has 0 aromatic heterocycles. The highest BCUT2D eigenvalue weighted by molar-refractivity contribution is 5.94. The van der Waals surface area contributed by atoms with Gasteiger partial charge in [-0.15, -0.1) is 0 Å². The Morgan fingerprint density at radius 3 is 2.37 bits per heavy atom. The number of hydrogen-bond acceptors (Lipinski definition) is 2. The van der Waals surface area contributed by atoms with Gasteiger partial charge in [0, 0.05) is 5.69 Å². The summed E-state index contributed by atoms with van der Waals surface area (Å²) in [5.74, 6) is -0.584. The molecule has 1 amide bonds. The van der Waals surface area contributed by atoms with Gasteiger partial charge in [-0.1, -0.05) is 19.9 Å². The fraction of sp³-hybridized carbons (Fsp3) is 0.462. The van der Waals surface area contributed by atoms with E-state index in [1.165, 1.54) is 19.1 Å². The quantitative estimate of drug-likeness (QED) is 0.890. The van der Waals surface area contributed by atoms with Crippen molar-refractivity contribution in [3.63, 3.8) is 0 Å². The van der Waals surface area contributed by atoms with E-state index in [1.807, 2.05) is 0 Å². The van der Waals surface area contributed by atoms with E-state index in [2.05, 4.69) is 5.32 Å². The van der Waals surface area contributed by atoms with Crippen molar-refractivity contribution in [3.8, 4) is 0 Å². The van der Waals surface area contributed by atoms with Gasteiger partial charge in [-0.2, -0.15) is 13.2 Å². The zero-order chi connectivity index (χ0) is 14.8. The van der Waals surface area contributed by atoms with E-state index in [-0.39, 0.29) is 17.2 Å². The first-order chi connectivity index (χ1) is 8.62. The monoisotopic (exact) mass is 274 g/mol. The minimum Gasteiger partial charge on any atom is -0.325 e. The molecule has 0 aliphatic carbocycles. The average molecular weight is 274 g/mol. The van der Waals surface area contributed by atoms with Crippen LogP contribution in [0.5, 0.6) is 0 Å². The van der Waals surface area contributed by atoms with E-state index in [0.717, 1.165) is 6.07 Å². The summed E-state index contributed by atoms with van der Waals surface area (Å²) in [4.78, 5) is 11.7. The number of hydrogen-bond donors (Lipinski definition) is 2. The highest BCUT2D eigenvalue weighted by atomic mass is 19.4. The smallest absolute Gasteiger partial charge is 0.325 e. The van der Waals surface area contributed by atoms with Crippen LogP contribution in [0, 0.1) is 12.8 Å². The van der Waals surface area contributed by atoms with Crippen molar-refractivity contribution in [1.29, 1.82) is 0 Å². The van der Waals surface area contributed by atoms with Crippen molar-refractivity contribution in [1.82, 2.24) is 0 Å². The molecule has 0 saturated heterocycles. The average Bonchev–Trinajstić information content (AvgIpc) is 2.28. The van der Waals surface area contributed by atoms with E-state index in [1.54, 1.807) is 13.8 Å². The fourth-order valence-corrected chi connectivity index (χ4v) is 1.53. The van der Waals surface area contributed by atoms with Gasteiger partial charge in [-0.25, -0.2) is 0 Å². The van der Waals surface area contributed by atoms with Crippen molar-refractivity contribution < 1.29 is 18.0 Å². The van der Waals surface area contributed by atoms with Crippen molar-refractivity contribution in [2.75, 3.05) is 5.32 Å². The first kappa shape index (κ1) is 15.5. The third-order valence-electron chi connectivity index (χ3n) is 2.83. The first-order valence-corrected chi connectivity index (χ1v) is 5.87. The number of alkyl halides is 3. The molecule has 1 rings (SSSR count). The molecule has 3 nitrogen and oxygen atoms in total. The van der Waals surface area contributed by atoms with E-state index in [0.29, 0.717) is 0 Å². The number of anilines is 1. The Morgan fingerprint density at radius 1 is 1.32 bits per heavy atom. The highest BCUT2D eigenvalue weighted by Gasteiger charge is 2.32. The summed E-state index contributed by atoms with van der Waals surface area (Å²) in [6.07, 6.45) is -4.44. The number of aryl methyl sites for hydroxylation is 1. The molecular weight excluding hydrogens is 257 g/mol. The summed E-state index contributed by atoms with van der Waals surface area (Å²) in [6, 6.07) is 2.91. The second kappa shape index (κ2) is 5.61. The maximum absolute atomic E-state index is 12.7.